The lowest BCUT2D eigenvalue weighted by molar-refractivity contribution is 0.581. The van der Waals surface area contributed by atoms with Gasteiger partial charge in [0.05, 0.1) is 5.69 Å². The van der Waals surface area contributed by atoms with Crippen molar-refractivity contribution in [1.29, 1.82) is 0 Å². The summed E-state index contributed by atoms with van der Waals surface area (Å²) in [7, 11) is 0. The van der Waals surface area contributed by atoms with Gasteiger partial charge in [-0.25, -0.2) is 4.39 Å². The minimum atomic E-state index is -0.143. The second kappa shape index (κ2) is 5.26. The topological polar surface area (TPSA) is 3.24 Å². The van der Waals surface area contributed by atoms with E-state index in [2.05, 4.69) is 18.7 Å². The molecule has 0 bridgehead atoms. The van der Waals surface area contributed by atoms with Crippen LogP contribution in [-0.2, 0) is 5.88 Å². The van der Waals surface area contributed by atoms with Gasteiger partial charge in [0.25, 0.3) is 0 Å². The fourth-order valence-electron chi connectivity index (χ4n) is 2.75. The van der Waals surface area contributed by atoms with Gasteiger partial charge in [-0.2, -0.15) is 0 Å². The van der Waals surface area contributed by atoms with E-state index in [1.807, 2.05) is 12.1 Å². The lowest BCUT2D eigenvalue weighted by Gasteiger charge is -2.30. The SMILES string of the molecule is CCC1CCC(C)N1c1ccc(CCl)cc1F. The second-order valence-corrected chi connectivity index (χ2v) is 5.08. The van der Waals surface area contributed by atoms with Gasteiger partial charge in [-0.15, -0.1) is 11.6 Å². The van der Waals surface area contributed by atoms with Crippen LogP contribution in [0.25, 0.3) is 0 Å². The van der Waals surface area contributed by atoms with E-state index in [-0.39, 0.29) is 5.82 Å². The molecule has 0 spiro atoms. The highest BCUT2D eigenvalue weighted by atomic mass is 35.5. The summed E-state index contributed by atoms with van der Waals surface area (Å²) in [6, 6.07) is 6.25. The summed E-state index contributed by atoms with van der Waals surface area (Å²) in [5.74, 6) is 0.222. The molecule has 3 heteroatoms. The van der Waals surface area contributed by atoms with Gasteiger partial charge in [0.2, 0.25) is 0 Å². The normalized spacial score (nSPS) is 24.4. The van der Waals surface area contributed by atoms with Crippen LogP contribution in [-0.4, -0.2) is 12.1 Å². The van der Waals surface area contributed by atoms with Crippen LogP contribution in [0.1, 0.15) is 38.7 Å². The summed E-state index contributed by atoms with van der Waals surface area (Å²) < 4.78 is 14.1. The Kier molecular flexibility index (Phi) is 3.93. The lowest BCUT2D eigenvalue weighted by atomic mass is 10.1. The van der Waals surface area contributed by atoms with Gasteiger partial charge in [-0.1, -0.05) is 13.0 Å². The van der Waals surface area contributed by atoms with Crippen LogP contribution in [0.4, 0.5) is 10.1 Å². The van der Waals surface area contributed by atoms with Gasteiger partial charge in [-0.05, 0) is 43.9 Å². The number of rotatable bonds is 3. The highest BCUT2D eigenvalue weighted by Gasteiger charge is 2.30. The molecule has 2 unspecified atom stereocenters. The molecule has 0 amide bonds. The molecule has 2 atom stereocenters. The van der Waals surface area contributed by atoms with Gasteiger partial charge in [0, 0.05) is 18.0 Å². The Morgan fingerprint density at radius 3 is 2.76 bits per heavy atom. The van der Waals surface area contributed by atoms with Crippen LogP contribution < -0.4 is 4.90 Å². The number of nitrogens with zero attached hydrogens (tertiary/aromatic N) is 1. The van der Waals surface area contributed by atoms with Gasteiger partial charge in [0.15, 0.2) is 0 Å². The van der Waals surface area contributed by atoms with Crippen molar-refractivity contribution in [3.63, 3.8) is 0 Å². The molecule has 0 saturated carbocycles. The summed E-state index contributed by atoms with van der Waals surface area (Å²) in [4.78, 5) is 2.23. The third-order valence-corrected chi connectivity index (χ3v) is 4.01. The van der Waals surface area contributed by atoms with Crippen molar-refractivity contribution in [2.45, 2.75) is 51.1 Å². The van der Waals surface area contributed by atoms with Crippen LogP contribution in [0.3, 0.4) is 0 Å². The van der Waals surface area contributed by atoms with Crippen molar-refractivity contribution in [1.82, 2.24) is 0 Å². The minimum absolute atomic E-state index is 0.143. The van der Waals surface area contributed by atoms with Crippen LogP contribution in [0.5, 0.6) is 0 Å². The van der Waals surface area contributed by atoms with E-state index in [4.69, 9.17) is 11.6 Å². The molecule has 2 rings (SSSR count). The first-order valence-corrected chi connectivity index (χ1v) is 6.83. The zero-order chi connectivity index (χ0) is 12.4. The third kappa shape index (κ3) is 2.42. The standard InChI is InChI=1S/C14H19ClFN/c1-3-12-6-4-10(2)17(12)14-7-5-11(9-15)8-13(14)16/h5,7-8,10,12H,3-4,6,9H2,1-2H3. The predicted octanol–water partition coefficient (Wildman–Crippen LogP) is 4.33. The monoisotopic (exact) mass is 255 g/mol. The highest BCUT2D eigenvalue weighted by Crippen LogP contribution is 2.33. The number of halogens is 2. The van der Waals surface area contributed by atoms with E-state index in [9.17, 15) is 4.39 Å². The average Bonchev–Trinajstić information content (AvgIpc) is 2.70. The first kappa shape index (κ1) is 12.7. The number of benzene rings is 1. The van der Waals surface area contributed by atoms with E-state index in [0.29, 0.717) is 18.0 Å². The second-order valence-electron chi connectivity index (χ2n) is 4.82. The molecule has 1 fully saturated rings. The fraction of sp³-hybridized carbons (Fsp3) is 0.571. The molecule has 1 aliphatic rings. The molecular formula is C14H19ClFN. The Bertz CT molecular complexity index is 394. The highest BCUT2D eigenvalue weighted by molar-refractivity contribution is 6.17. The average molecular weight is 256 g/mol. The summed E-state index contributed by atoms with van der Waals surface area (Å²) in [6.07, 6.45) is 3.38. The lowest BCUT2D eigenvalue weighted by Crippen LogP contribution is -2.34. The van der Waals surface area contributed by atoms with Gasteiger partial charge < -0.3 is 4.90 Å². The Morgan fingerprint density at radius 2 is 2.18 bits per heavy atom. The molecule has 1 heterocycles. The molecule has 0 aromatic heterocycles. The fourth-order valence-corrected chi connectivity index (χ4v) is 2.92. The van der Waals surface area contributed by atoms with Gasteiger partial charge in [0.1, 0.15) is 5.82 Å². The maximum absolute atomic E-state index is 14.1. The Hall–Kier alpha value is -0.760. The van der Waals surface area contributed by atoms with E-state index < -0.39 is 0 Å². The molecule has 94 valence electrons. The molecule has 1 saturated heterocycles. The van der Waals surface area contributed by atoms with Crippen molar-refractivity contribution in [3.8, 4) is 0 Å². The summed E-state index contributed by atoms with van der Waals surface area (Å²) >= 11 is 5.72. The van der Waals surface area contributed by atoms with Gasteiger partial charge in [-0.3, -0.25) is 0 Å². The Balaban J connectivity index is 2.32. The molecule has 1 aliphatic heterocycles. The zero-order valence-corrected chi connectivity index (χ0v) is 11.2. The molecular weight excluding hydrogens is 237 g/mol. The first-order chi connectivity index (χ1) is 8.17. The van der Waals surface area contributed by atoms with Crippen molar-refractivity contribution >= 4 is 17.3 Å². The molecule has 0 radical (unpaired) electrons. The van der Waals surface area contributed by atoms with Crippen LogP contribution in [0, 0.1) is 5.82 Å². The van der Waals surface area contributed by atoms with Gasteiger partial charge >= 0.3 is 0 Å². The van der Waals surface area contributed by atoms with Crippen molar-refractivity contribution in [3.05, 3.63) is 29.6 Å². The number of hydrogen-bond acceptors (Lipinski definition) is 1. The number of anilines is 1. The third-order valence-electron chi connectivity index (χ3n) is 3.70. The van der Waals surface area contributed by atoms with Crippen molar-refractivity contribution < 1.29 is 4.39 Å². The van der Waals surface area contributed by atoms with E-state index >= 15 is 0 Å². The summed E-state index contributed by atoms with van der Waals surface area (Å²) in [6.45, 7) is 4.34. The predicted molar refractivity (Wildman–Crippen MR) is 71.2 cm³/mol. The Morgan fingerprint density at radius 1 is 1.41 bits per heavy atom. The molecule has 0 aliphatic carbocycles. The Labute approximate surface area is 108 Å². The van der Waals surface area contributed by atoms with Crippen LogP contribution in [0.2, 0.25) is 0 Å². The molecule has 1 aromatic carbocycles. The molecule has 17 heavy (non-hydrogen) atoms. The zero-order valence-electron chi connectivity index (χ0n) is 10.4. The minimum Gasteiger partial charge on any atom is -0.363 e. The molecule has 0 N–H and O–H groups in total. The summed E-state index contributed by atoms with van der Waals surface area (Å²) in [5, 5.41) is 0. The molecule has 1 nitrogen and oxygen atoms in total. The smallest absolute Gasteiger partial charge is 0.146 e. The summed E-state index contributed by atoms with van der Waals surface area (Å²) in [5.41, 5.74) is 1.57. The van der Waals surface area contributed by atoms with E-state index in [0.717, 1.165) is 30.5 Å². The van der Waals surface area contributed by atoms with Crippen molar-refractivity contribution in [2.75, 3.05) is 4.90 Å². The van der Waals surface area contributed by atoms with E-state index in [1.165, 1.54) is 0 Å². The van der Waals surface area contributed by atoms with Crippen LogP contribution >= 0.6 is 11.6 Å². The number of hydrogen-bond donors (Lipinski definition) is 0. The van der Waals surface area contributed by atoms with E-state index in [1.54, 1.807) is 6.07 Å². The van der Waals surface area contributed by atoms with Crippen molar-refractivity contribution in [2.24, 2.45) is 0 Å². The quantitative estimate of drug-likeness (QED) is 0.727. The molecule has 1 aromatic rings. The number of alkyl halides is 1. The van der Waals surface area contributed by atoms with Crippen LogP contribution in [0.15, 0.2) is 18.2 Å². The first-order valence-electron chi connectivity index (χ1n) is 6.30. The maximum atomic E-state index is 14.1. The maximum Gasteiger partial charge on any atom is 0.146 e. The largest absolute Gasteiger partial charge is 0.363 e.